The quantitative estimate of drug-likeness (QED) is 0.812. The zero-order valence-corrected chi connectivity index (χ0v) is 12.4. The third-order valence-corrected chi connectivity index (χ3v) is 4.75. The number of hydrogen-bond acceptors (Lipinski definition) is 6. The minimum atomic E-state index is -0.723. The van der Waals surface area contributed by atoms with Crippen molar-refractivity contribution in [2.24, 2.45) is 0 Å². The van der Waals surface area contributed by atoms with Gasteiger partial charge in [0.25, 0.3) is 0 Å². The van der Waals surface area contributed by atoms with Crippen LogP contribution in [0.15, 0.2) is 17.5 Å². The van der Waals surface area contributed by atoms with Gasteiger partial charge in [-0.1, -0.05) is 6.07 Å². The molecule has 19 heavy (non-hydrogen) atoms. The van der Waals surface area contributed by atoms with Gasteiger partial charge >= 0.3 is 5.97 Å². The number of aryl methyl sites for hydroxylation is 1. The largest absolute Gasteiger partial charge is 0.450 e. The predicted octanol–water partition coefficient (Wildman–Crippen LogP) is 3.31. The number of rotatable bonds is 4. The molecule has 0 saturated carbocycles. The zero-order chi connectivity index (χ0) is 14.0. The number of aromatic nitrogens is 1. The van der Waals surface area contributed by atoms with Crippen LogP contribution in [0.3, 0.4) is 0 Å². The second kappa shape index (κ2) is 5.63. The average Bonchev–Trinajstić information content (AvgIpc) is 2.96. The molecule has 0 spiro atoms. The van der Waals surface area contributed by atoms with E-state index < -0.39 is 12.1 Å². The number of esters is 1. The molecule has 4 nitrogen and oxygen atoms in total. The van der Waals surface area contributed by atoms with Crippen molar-refractivity contribution in [3.8, 4) is 9.88 Å². The molecule has 0 amide bonds. The first-order chi connectivity index (χ1) is 8.99. The van der Waals surface area contributed by atoms with Crippen LogP contribution in [0.2, 0.25) is 0 Å². The first-order valence-electron chi connectivity index (χ1n) is 5.71. The summed E-state index contributed by atoms with van der Waals surface area (Å²) in [6.45, 7) is 4.73. The summed E-state index contributed by atoms with van der Waals surface area (Å²) in [7, 11) is 0. The van der Waals surface area contributed by atoms with Crippen molar-refractivity contribution in [2.75, 3.05) is 0 Å². The number of thiophene rings is 1. The van der Waals surface area contributed by atoms with Crippen LogP contribution in [-0.4, -0.2) is 22.8 Å². The maximum atomic E-state index is 12.0. The molecule has 2 aromatic heterocycles. The molecule has 6 heteroatoms. The summed E-state index contributed by atoms with van der Waals surface area (Å²) < 4.78 is 5.09. The molecule has 0 N–H and O–H groups in total. The molecule has 0 fully saturated rings. The van der Waals surface area contributed by atoms with E-state index in [4.69, 9.17) is 4.74 Å². The molecular weight excluding hydrogens is 282 g/mol. The topological polar surface area (TPSA) is 56.3 Å². The Labute approximate surface area is 119 Å². The van der Waals surface area contributed by atoms with Gasteiger partial charge in [-0.25, -0.2) is 9.78 Å². The zero-order valence-electron chi connectivity index (χ0n) is 10.8. The van der Waals surface area contributed by atoms with E-state index in [0.29, 0.717) is 10.6 Å². The van der Waals surface area contributed by atoms with Crippen molar-refractivity contribution in [1.82, 2.24) is 4.98 Å². The third kappa shape index (κ3) is 3.08. The lowest BCUT2D eigenvalue weighted by Gasteiger charge is -2.08. The molecular formula is C13H13NO3S2. The van der Waals surface area contributed by atoms with E-state index in [1.54, 1.807) is 25.2 Å². The van der Waals surface area contributed by atoms with Crippen LogP contribution < -0.4 is 0 Å². The van der Waals surface area contributed by atoms with Crippen molar-refractivity contribution in [3.63, 3.8) is 0 Å². The van der Waals surface area contributed by atoms with Gasteiger partial charge in [0, 0.05) is 0 Å². The van der Waals surface area contributed by atoms with Gasteiger partial charge in [0.15, 0.2) is 11.9 Å². The van der Waals surface area contributed by atoms with Crippen LogP contribution in [-0.2, 0) is 9.53 Å². The van der Waals surface area contributed by atoms with Gasteiger partial charge in [-0.05, 0) is 32.2 Å². The fraction of sp³-hybridized carbons (Fsp3) is 0.308. The van der Waals surface area contributed by atoms with Crippen molar-refractivity contribution >= 4 is 34.4 Å². The second-order valence-corrected chi connectivity index (χ2v) is 6.02. The summed E-state index contributed by atoms with van der Waals surface area (Å²) in [5, 5.41) is 2.76. The molecule has 2 heterocycles. The minimum absolute atomic E-state index is 0.172. The van der Waals surface area contributed by atoms with Crippen LogP contribution in [0.25, 0.3) is 9.88 Å². The molecule has 0 aromatic carbocycles. The SMILES string of the molecule is CC(=O)C(C)OC(=O)c1sc(-c2cccs2)nc1C. The molecule has 1 unspecified atom stereocenters. The standard InChI is InChI=1S/C13H13NO3S2/c1-7-11(13(16)17-9(3)8(2)15)19-12(14-7)10-5-4-6-18-10/h4-6,9H,1-3H3. The number of hydrogen-bond donors (Lipinski definition) is 0. The highest BCUT2D eigenvalue weighted by Gasteiger charge is 2.21. The van der Waals surface area contributed by atoms with Gasteiger partial charge in [-0.15, -0.1) is 22.7 Å². The Morgan fingerprint density at radius 3 is 2.74 bits per heavy atom. The normalized spacial score (nSPS) is 12.2. The molecule has 1 atom stereocenters. The van der Waals surface area contributed by atoms with Crippen molar-refractivity contribution < 1.29 is 14.3 Å². The summed E-state index contributed by atoms with van der Waals surface area (Å²) in [4.78, 5) is 28.9. The number of carbonyl (C=O) groups excluding carboxylic acids is 2. The van der Waals surface area contributed by atoms with E-state index in [9.17, 15) is 9.59 Å². The number of Topliss-reactive ketones (excluding diaryl/α,β-unsaturated/α-hetero) is 1. The maximum absolute atomic E-state index is 12.0. The van der Waals surface area contributed by atoms with Gasteiger partial charge in [-0.3, -0.25) is 4.79 Å². The lowest BCUT2D eigenvalue weighted by molar-refractivity contribution is -0.124. The highest BCUT2D eigenvalue weighted by atomic mass is 32.1. The van der Waals surface area contributed by atoms with E-state index in [1.165, 1.54) is 18.3 Å². The second-order valence-electron chi connectivity index (χ2n) is 4.07. The fourth-order valence-electron chi connectivity index (χ4n) is 1.39. The first kappa shape index (κ1) is 13.9. The third-order valence-electron chi connectivity index (χ3n) is 2.57. The summed E-state index contributed by atoms with van der Waals surface area (Å²) in [5.74, 6) is -0.658. The monoisotopic (exact) mass is 295 g/mol. The summed E-state index contributed by atoms with van der Waals surface area (Å²) >= 11 is 2.86. The van der Waals surface area contributed by atoms with E-state index in [2.05, 4.69) is 4.98 Å². The molecule has 0 radical (unpaired) electrons. The number of ether oxygens (including phenoxy) is 1. The Bertz CT molecular complexity index is 601. The highest BCUT2D eigenvalue weighted by molar-refractivity contribution is 7.22. The molecule has 2 rings (SSSR count). The summed E-state index contributed by atoms with van der Waals surface area (Å²) in [5.41, 5.74) is 0.633. The van der Waals surface area contributed by atoms with Crippen LogP contribution in [0, 0.1) is 6.92 Å². The minimum Gasteiger partial charge on any atom is -0.450 e. The summed E-state index contributed by atoms with van der Waals surface area (Å²) in [6, 6.07) is 3.89. The van der Waals surface area contributed by atoms with Crippen molar-refractivity contribution in [1.29, 1.82) is 0 Å². The van der Waals surface area contributed by atoms with Crippen LogP contribution in [0.5, 0.6) is 0 Å². The number of nitrogens with zero attached hydrogens (tertiary/aromatic N) is 1. The highest BCUT2D eigenvalue weighted by Crippen LogP contribution is 2.31. The van der Waals surface area contributed by atoms with E-state index in [1.807, 2.05) is 17.5 Å². The lowest BCUT2D eigenvalue weighted by atomic mass is 10.3. The van der Waals surface area contributed by atoms with E-state index in [0.717, 1.165) is 9.88 Å². The Morgan fingerprint density at radius 1 is 1.42 bits per heavy atom. The summed E-state index contributed by atoms with van der Waals surface area (Å²) in [6.07, 6.45) is -0.723. The Kier molecular flexibility index (Phi) is 4.11. The predicted molar refractivity (Wildman–Crippen MR) is 75.7 cm³/mol. The first-order valence-corrected chi connectivity index (χ1v) is 7.41. The molecule has 2 aromatic rings. The maximum Gasteiger partial charge on any atom is 0.350 e. The van der Waals surface area contributed by atoms with Crippen LogP contribution >= 0.6 is 22.7 Å². The molecule has 0 aliphatic heterocycles. The Morgan fingerprint density at radius 2 is 2.16 bits per heavy atom. The van der Waals surface area contributed by atoms with E-state index >= 15 is 0 Å². The van der Waals surface area contributed by atoms with Gasteiger partial charge in [0.05, 0.1) is 10.6 Å². The van der Waals surface area contributed by atoms with Gasteiger partial charge in [0.2, 0.25) is 0 Å². The van der Waals surface area contributed by atoms with Crippen LogP contribution in [0.4, 0.5) is 0 Å². The molecule has 100 valence electrons. The average molecular weight is 295 g/mol. The van der Waals surface area contributed by atoms with Gasteiger partial charge < -0.3 is 4.74 Å². The number of thiazole rings is 1. The fourth-order valence-corrected chi connectivity index (χ4v) is 3.13. The molecule has 0 saturated heterocycles. The van der Waals surface area contributed by atoms with Gasteiger partial charge in [-0.2, -0.15) is 0 Å². The van der Waals surface area contributed by atoms with Gasteiger partial charge in [0.1, 0.15) is 9.88 Å². The molecule has 0 bridgehead atoms. The van der Waals surface area contributed by atoms with E-state index in [-0.39, 0.29) is 5.78 Å². The Balaban J connectivity index is 2.21. The molecule has 0 aliphatic rings. The number of ketones is 1. The molecule has 0 aliphatic carbocycles. The lowest BCUT2D eigenvalue weighted by Crippen LogP contribution is -2.21. The smallest absolute Gasteiger partial charge is 0.350 e. The van der Waals surface area contributed by atoms with Crippen LogP contribution in [0.1, 0.15) is 29.2 Å². The van der Waals surface area contributed by atoms with Crippen molar-refractivity contribution in [3.05, 3.63) is 28.1 Å². The Hall–Kier alpha value is -1.53. The van der Waals surface area contributed by atoms with Crippen molar-refractivity contribution in [2.45, 2.75) is 26.9 Å². The number of carbonyl (C=O) groups is 2.